The van der Waals surface area contributed by atoms with Gasteiger partial charge in [0.1, 0.15) is 5.75 Å². The van der Waals surface area contributed by atoms with Crippen molar-refractivity contribution < 1.29 is 19.8 Å². The van der Waals surface area contributed by atoms with Crippen LogP contribution in [0.4, 0.5) is 10.5 Å². The largest absolute Gasteiger partial charge is 0.508 e. The van der Waals surface area contributed by atoms with E-state index in [1.807, 2.05) is 13.8 Å². The Kier molecular flexibility index (Phi) is 5.17. The van der Waals surface area contributed by atoms with Gasteiger partial charge >= 0.3 is 12.0 Å². The molecule has 0 aliphatic heterocycles. The van der Waals surface area contributed by atoms with Gasteiger partial charge in [0, 0.05) is 13.1 Å². The van der Waals surface area contributed by atoms with Gasteiger partial charge in [0.2, 0.25) is 0 Å². The van der Waals surface area contributed by atoms with E-state index in [1.165, 1.54) is 12.1 Å². The summed E-state index contributed by atoms with van der Waals surface area (Å²) in [5.41, 5.74) is 0.0331. The molecule has 0 spiro atoms. The number of carboxylic acid groups (broad SMARTS) is 1. The molecule has 0 saturated heterocycles. The second-order valence-electron chi connectivity index (χ2n) is 4.04. The Bertz CT molecular complexity index is 474. The summed E-state index contributed by atoms with van der Waals surface area (Å²) in [6.45, 7) is 4.95. The molecule has 0 heterocycles. The van der Waals surface area contributed by atoms with Crippen LogP contribution in [0.1, 0.15) is 30.6 Å². The predicted octanol–water partition coefficient (Wildman–Crippen LogP) is 2.35. The lowest BCUT2D eigenvalue weighted by Gasteiger charge is -2.21. The fourth-order valence-electron chi connectivity index (χ4n) is 1.69. The maximum absolute atomic E-state index is 12.0. The summed E-state index contributed by atoms with van der Waals surface area (Å²) in [6, 6.07) is 3.46. The van der Waals surface area contributed by atoms with Gasteiger partial charge in [-0.15, -0.1) is 0 Å². The number of aromatic carboxylic acids is 1. The van der Waals surface area contributed by atoms with Crippen molar-refractivity contribution in [1.82, 2.24) is 4.90 Å². The van der Waals surface area contributed by atoms with Gasteiger partial charge in [0.15, 0.2) is 0 Å². The number of carbonyl (C=O) groups excluding carboxylic acids is 1. The molecule has 0 atom stereocenters. The van der Waals surface area contributed by atoms with Crippen LogP contribution in [0.2, 0.25) is 0 Å². The van der Waals surface area contributed by atoms with E-state index in [4.69, 9.17) is 5.11 Å². The third-order valence-corrected chi connectivity index (χ3v) is 2.64. The summed E-state index contributed by atoms with van der Waals surface area (Å²) in [5, 5.41) is 20.8. The van der Waals surface area contributed by atoms with Crippen molar-refractivity contribution in [2.24, 2.45) is 0 Å². The first-order chi connectivity index (χ1) is 8.99. The molecule has 0 fully saturated rings. The summed E-state index contributed by atoms with van der Waals surface area (Å²) in [5.74, 6) is -1.36. The minimum atomic E-state index is -1.20. The minimum absolute atomic E-state index is 0.138. The van der Waals surface area contributed by atoms with Crippen molar-refractivity contribution in [3.63, 3.8) is 0 Å². The summed E-state index contributed by atoms with van der Waals surface area (Å²) >= 11 is 0. The van der Waals surface area contributed by atoms with Crippen molar-refractivity contribution in [1.29, 1.82) is 0 Å². The van der Waals surface area contributed by atoms with E-state index in [-0.39, 0.29) is 23.0 Å². The Balaban J connectivity index is 2.92. The van der Waals surface area contributed by atoms with Gasteiger partial charge in [-0.3, -0.25) is 0 Å². The summed E-state index contributed by atoms with van der Waals surface area (Å²) in [7, 11) is 0. The summed E-state index contributed by atoms with van der Waals surface area (Å²) in [6.07, 6.45) is 0.822. The van der Waals surface area contributed by atoms with Gasteiger partial charge in [-0.2, -0.15) is 0 Å². The molecule has 0 aromatic heterocycles. The molecule has 3 N–H and O–H groups in total. The quantitative estimate of drug-likeness (QED) is 0.713. The van der Waals surface area contributed by atoms with Gasteiger partial charge in [-0.05, 0) is 31.5 Å². The molecule has 0 bridgehead atoms. The molecule has 1 aromatic carbocycles. The van der Waals surface area contributed by atoms with Gasteiger partial charge in [-0.25, -0.2) is 9.59 Å². The second kappa shape index (κ2) is 6.63. The second-order valence-corrected chi connectivity index (χ2v) is 4.04. The number of carbonyl (C=O) groups is 2. The maximum Gasteiger partial charge on any atom is 0.337 e. The molecule has 0 aliphatic rings. The first-order valence-corrected chi connectivity index (χ1v) is 6.11. The zero-order valence-corrected chi connectivity index (χ0v) is 11.0. The third-order valence-electron chi connectivity index (χ3n) is 2.64. The van der Waals surface area contributed by atoms with E-state index in [0.29, 0.717) is 13.1 Å². The number of amides is 2. The Morgan fingerprint density at radius 1 is 1.32 bits per heavy atom. The normalized spacial score (nSPS) is 10.0. The van der Waals surface area contributed by atoms with Crippen molar-refractivity contribution in [2.45, 2.75) is 20.3 Å². The van der Waals surface area contributed by atoms with Crippen LogP contribution in [0.25, 0.3) is 0 Å². The molecule has 0 radical (unpaired) electrons. The molecule has 104 valence electrons. The lowest BCUT2D eigenvalue weighted by molar-refractivity contribution is 0.0697. The number of phenols is 1. The molecule has 0 unspecified atom stereocenters. The molecule has 2 amide bonds. The van der Waals surface area contributed by atoms with Crippen molar-refractivity contribution in [3.05, 3.63) is 23.8 Å². The van der Waals surface area contributed by atoms with Gasteiger partial charge < -0.3 is 20.4 Å². The van der Waals surface area contributed by atoms with Crippen molar-refractivity contribution >= 4 is 17.7 Å². The summed E-state index contributed by atoms with van der Waals surface area (Å²) < 4.78 is 0. The first-order valence-electron chi connectivity index (χ1n) is 6.11. The van der Waals surface area contributed by atoms with E-state index in [0.717, 1.165) is 12.5 Å². The van der Waals surface area contributed by atoms with Gasteiger partial charge in [0.05, 0.1) is 11.3 Å². The van der Waals surface area contributed by atoms with Crippen LogP contribution in [-0.4, -0.2) is 40.2 Å². The van der Waals surface area contributed by atoms with Crippen LogP contribution >= 0.6 is 0 Å². The molecule has 1 aromatic rings. The lowest BCUT2D eigenvalue weighted by atomic mass is 10.1. The van der Waals surface area contributed by atoms with E-state index in [9.17, 15) is 14.7 Å². The van der Waals surface area contributed by atoms with E-state index >= 15 is 0 Å². The number of hydrogen-bond donors (Lipinski definition) is 3. The average Bonchev–Trinajstić information content (AvgIpc) is 2.37. The van der Waals surface area contributed by atoms with E-state index in [1.54, 1.807) is 4.90 Å². The molecular weight excluding hydrogens is 248 g/mol. The highest BCUT2D eigenvalue weighted by molar-refractivity contribution is 6.00. The standard InChI is InChI=1S/C13H18N2O4/c1-3-7-15(4-2)13(19)14-11-6-5-9(16)8-10(11)12(17)18/h5-6,8,16H,3-4,7H2,1-2H3,(H,14,19)(H,17,18). The van der Waals surface area contributed by atoms with E-state index in [2.05, 4.69) is 5.32 Å². The number of aromatic hydroxyl groups is 1. The highest BCUT2D eigenvalue weighted by Crippen LogP contribution is 2.21. The highest BCUT2D eigenvalue weighted by Gasteiger charge is 2.16. The predicted molar refractivity (Wildman–Crippen MR) is 71.6 cm³/mol. The zero-order chi connectivity index (χ0) is 14.4. The number of rotatable bonds is 5. The monoisotopic (exact) mass is 266 g/mol. The van der Waals surface area contributed by atoms with Crippen LogP contribution in [-0.2, 0) is 0 Å². The maximum atomic E-state index is 12.0. The minimum Gasteiger partial charge on any atom is -0.508 e. The molecule has 6 nitrogen and oxygen atoms in total. The van der Waals surface area contributed by atoms with E-state index < -0.39 is 5.97 Å². The number of nitrogens with zero attached hydrogens (tertiary/aromatic N) is 1. The highest BCUT2D eigenvalue weighted by atomic mass is 16.4. The molecule has 6 heteroatoms. The number of nitrogens with one attached hydrogen (secondary N) is 1. The third kappa shape index (κ3) is 3.87. The smallest absolute Gasteiger partial charge is 0.337 e. The zero-order valence-electron chi connectivity index (χ0n) is 11.0. The number of phenolic OH excluding ortho intramolecular Hbond substituents is 1. The summed E-state index contributed by atoms with van der Waals surface area (Å²) in [4.78, 5) is 24.6. The van der Waals surface area contributed by atoms with Crippen molar-refractivity contribution in [2.75, 3.05) is 18.4 Å². The number of urea groups is 1. The molecular formula is C13H18N2O4. The van der Waals surface area contributed by atoms with Crippen LogP contribution < -0.4 is 5.32 Å². The first kappa shape index (κ1) is 14.8. The SMILES string of the molecule is CCCN(CC)C(=O)Nc1ccc(O)cc1C(=O)O. The van der Waals surface area contributed by atoms with Crippen LogP contribution in [0.5, 0.6) is 5.75 Å². The van der Waals surface area contributed by atoms with Gasteiger partial charge in [-0.1, -0.05) is 6.92 Å². The average molecular weight is 266 g/mol. The number of benzene rings is 1. The fraction of sp³-hybridized carbons (Fsp3) is 0.385. The molecule has 1 rings (SSSR count). The fourth-order valence-corrected chi connectivity index (χ4v) is 1.69. The van der Waals surface area contributed by atoms with Crippen molar-refractivity contribution in [3.8, 4) is 5.75 Å². The topological polar surface area (TPSA) is 89.9 Å². The van der Waals surface area contributed by atoms with Crippen LogP contribution in [0, 0.1) is 0 Å². The lowest BCUT2D eigenvalue weighted by Crippen LogP contribution is -2.35. The van der Waals surface area contributed by atoms with Crippen LogP contribution in [0.3, 0.4) is 0 Å². The van der Waals surface area contributed by atoms with Crippen LogP contribution in [0.15, 0.2) is 18.2 Å². The number of anilines is 1. The number of hydrogen-bond acceptors (Lipinski definition) is 3. The Labute approximate surface area is 111 Å². The Hall–Kier alpha value is -2.24. The van der Waals surface area contributed by atoms with Gasteiger partial charge in [0.25, 0.3) is 0 Å². The Morgan fingerprint density at radius 3 is 2.53 bits per heavy atom. The number of carboxylic acids is 1. The Morgan fingerprint density at radius 2 is 2.00 bits per heavy atom. The molecule has 0 aliphatic carbocycles. The molecule has 0 saturated carbocycles. The molecule has 19 heavy (non-hydrogen) atoms.